The highest BCUT2D eigenvalue weighted by molar-refractivity contribution is 5.72. The van der Waals surface area contributed by atoms with Crippen LogP contribution in [0.4, 0.5) is 4.79 Å². The van der Waals surface area contributed by atoms with Crippen LogP contribution in [0.3, 0.4) is 0 Å². The van der Waals surface area contributed by atoms with Crippen LogP contribution in [-0.4, -0.2) is 52.8 Å². The van der Waals surface area contributed by atoms with Crippen LogP contribution in [-0.2, 0) is 4.74 Å². The summed E-state index contributed by atoms with van der Waals surface area (Å²) in [7, 11) is 3.84. The van der Waals surface area contributed by atoms with Gasteiger partial charge in [-0.05, 0) is 14.1 Å². The fourth-order valence-electron chi connectivity index (χ4n) is 1.33. The largest absolute Gasteiger partial charge is 0.448 e. The van der Waals surface area contributed by atoms with E-state index in [0.29, 0.717) is 13.2 Å². The van der Waals surface area contributed by atoms with Gasteiger partial charge in [-0.1, -0.05) is 0 Å². The average Bonchev–Trinajstić information content (AvgIpc) is 2.75. The van der Waals surface area contributed by atoms with Crippen molar-refractivity contribution in [3.8, 4) is 11.3 Å². The normalized spacial score (nSPS) is 11.0. The van der Waals surface area contributed by atoms with Crippen molar-refractivity contribution in [3.63, 3.8) is 0 Å². The van der Waals surface area contributed by atoms with E-state index in [0.717, 1.165) is 11.3 Å². The Hall–Kier alpha value is -1.95. The summed E-state index contributed by atoms with van der Waals surface area (Å²) >= 11 is 0. The van der Waals surface area contributed by atoms with E-state index in [4.69, 9.17) is 4.74 Å². The highest BCUT2D eigenvalue weighted by Gasteiger charge is 2.09. The summed E-state index contributed by atoms with van der Waals surface area (Å²) < 4.78 is 6.41. The number of nitrogens with zero attached hydrogens (tertiary/aromatic N) is 4. The zero-order chi connectivity index (χ0) is 12.3. The van der Waals surface area contributed by atoms with Crippen molar-refractivity contribution >= 4 is 6.09 Å². The van der Waals surface area contributed by atoms with Crippen LogP contribution in [0.5, 0.6) is 0 Å². The molecule has 17 heavy (non-hydrogen) atoms. The molecule has 0 aromatic carbocycles. The van der Waals surface area contributed by atoms with E-state index in [1.165, 1.54) is 10.9 Å². The molecule has 2 heterocycles. The number of rotatable bonds is 3. The summed E-state index contributed by atoms with van der Waals surface area (Å²) in [6.45, 7) is 1.05. The van der Waals surface area contributed by atoms with E-state index in [1.54, 1.807) is 18.6 Å². The van der Waals surface area contributed by atoms with E-state index >= 15 is 0 Å². The van der Waals surface area contributed by atoms with Crippen LogP contribution in [0.25, 0.3) is 11.3 Å². The molecule has 2 rings (SSSR count). The maximum absolute atomic E-state index is 11.7. The maximum Gasteiger partial charge on any atom is 0.419 e. The highest BCUT2D eigenvalue weighted by Crippen LogP contribution is 2.16. The molecule has 0 atom stereocenters. The molecule has 6 nitrogen and oxygen atoms in total. The zero-order valence-electron chi connectivity index (χ0n) is 9.83. The van der Waals surface area contributed by atoms with Crippen molar-refractivity contribution in [1.29, 1.82) is 0 Å². The molecule has 6 heteroatoms. The third-order valence-electron chi connectivity index (χ3n) is 2.28. The predicted octanol–water partition coefficient (Wildman–Crippen LogP) is 0.929. The molecule has 0 bridgehead atoms. The third-order valence-corrected chi connectivity index (χ3v) is 2.28. The van der Waals surface area contributed by atoms with Crippen molar-refractivity contribution in [2.45, 2.75) is 0 Å². The van der Waals surface area contributed by atoms with Gasteiger partial charge in [-0.3, -0.25) is 4.98 Å². The Labute approximate surface area is 99.2 Å². The van der Waals surface area contributed by atoms with Gasteiger partial charge in [0, 0.05) is 24.5 Å². The zero-order valence-corrected chi connectivity index (χ0v) is 9.83. The molecule has 0 aromatic rings. The van der Waals surface area contributed by atoms with E-state index in [9.17, 15) is 4.79 Å². The van der Waals surface area contributed by atoms with Gasteiger partial charge in [-0.15, -0.1) is 0 Å². The molecule has 0 amide bonds. The van der Waals surface area contributed by atoms with Gasteiger partial charge in [0.2, 0.25) is 0 Å². The molecule has 2 aliphatic rings. The molecule has 0 saturated heterocycles. The first-order valence-electron chi connectivity index (χ1n) is 5.26. The first-order chi connectivity index (χ1) is 8.16. The fourth-order valence-corrected chi connectivity index (χ4v) is 1.33. The molecule has 0 saturated carbocycles. The van der Waals surface area contributed by atoms with Gasteiger partial charge in [0.25, 0.3) is 0 Å². The van der Waals surface area contributed by atoms with Gasteiger partial charge in [0.15, 0.2) is 0 Å². The molecule has 0 N–H and O–H groups in total. The molecule has 0 spiro atoms. The number of hydrogen-bond donors (Lipinski definition) is 0. The van der Waals surface area contributed by atoms with Crippen LogP contribution in [0.1, 0.15) is 0 Å². The van der Waals surface area contributed by atoms with E-state index in [1.807, 2.05) is 19.0 Å². The second-order valence-corrected chi connectivity index (χ2v) is 3.95. The van der Waals surface area contributed by atoms with E-state index in [-0.39, 0.29) is 0 Å². The summed E-state index contributed by atoms with van der Waals surface area (Å²) in [5.41, 5.74) is 1.58. The molecule has 0 fully saturated rings. The Bertz CT molecular complexity index is 480. The lowest BCUT2D eigenvalue weighted by molar-refractivity contribution is 0.138. The van der Waals surface area contributed by atoms with Crippen molar-refractivity contribution < 1.29 is 9.53 Å². The van der Waals surface area contributed by atoms with Crippen LogP contribution >= 0.6 is 0 Å². The van der Waals surface area contributed by atoms with Crippen LogP contribution in [0.2, 0.25) is 0 Å². The summed E-state index contributed by atoms with van der Waals surface area (Å²) in [4.78, 5) is 21.6. The van der Waals surface area contributed by atoms with Gasteiger partial charge < -0.3 is 9.64 Å². The molecular weight excluding hydrogens is 220 g/mol. The van der Waals surface area contributed by atoms with Gasteiger partial charge in [0.05, 0.1) is 11.9 Å². The Kier molecular flexibility index (Phi) is 3.34. The third kappa shape index (κ3) is 2.79. The van der Waals surface area contributed by atoms with E-state index < -0.39 is 6.09 Å². The first kappa shape index (κ1) is 11.5. The minimum absolute atomic E-state index is 0.357. The minimum Gasteiger partial charge on any atom is -0.448 e. The van der Waals surface area contributed by atoms with Crippen molar-refractivity contribution in [2.75, 3.05) is 27.2 Å². The Morgan fingerprint density at radius 3 is 3.06 bits per heavy atom. The van der Waals surface area contributed by atoms with Gasteiger partial charge in [-0.2, -0.15) is 0 Å². The number of hydrogen-bond acceptors (Lipinski definition) is 5. The van der Waals surface area contributed by atoms with E-state index in [2.05, 4.69) is 9.97 Å². The lowest BCUT2D eigenvalue weighted by Gasteiger charge is -2.11. The molecule has 0 unspecified atom stereocenters. The predicted molar refractivity (Wildman–Crippen MR) is 61.9 cm³/mol. The minimum atomic E-state index is -0.428. The topological polar surface area (TPSA) is 60.2 Å². The number of carbonyl (C=O) groups is 1. The summed E-state index contributed by atoms with van der Waals surface area (Å²) in [5, 5.41) is 0. The number of aromatic nitrogens is 3. The molecule has 0 aromatic heterocycles. The summed E-state index contributed by atoms with van der Waals surface area (Å²) in [5.74, 6) is 0. The smallest absolute Gasteiger partial charge is 0.419 e. The van der Waals surface area contributed by atoms with Crippen molar-refractivity contribution in [2.24, 2.45) is 0 Å². The van der Waals surface area contributed by atoms with Gasteiger partial charge >= 0.3 is 6.09 Å². The summed E-state index contributed by atoms with van der Waals surface area (Å²) in [6, 6.07) is 0. The first-order valence-corrected chi connectivity index (χ1v) is 5.26. The average molecular weight is 234 g/mol. The lowest BCUT2D eigenvalue weighted by atomic mass is 10.3. The van der Waals surface area contributed by atoms with Crippen LogP contribution in [0, 0.1) is 0 Å². The maximum atomic E-state index is 11.7. The monoisotopic (exact) mass is 234 g/mol. The second kappa shape index (κ2) is 4.92. The Morgan fingerprint density at radius 1 is 1.47 bits per heavy atom. The van der Waals surface area contributed by atoms with Crippen molar-refractivity contribution in [1.82, 2.24) is 19.4 Å². The highest BCUT2D eigenvalue weighted by atomic mass is 16.5. The van der Waals surface area contributed by atoms with Gasteiger partial charge in [0.1, 0.15) is 12.9 Å². The Morgan fingerprint density at radius 2 is 2.29 bits per heavy atom. The molecular formula is C11H14N4O2. The fraction of sp³-hybridized carbons (Fsp3) is 0.364. The standard InChI is InChI=1S/C11H14N4O2/c1-14(2)3-4-17-11(16)15-7-9-5-12-6-10(9)13-8-15/h5-8H,3-4H2,1-2H3. The van der Waals surface area contributed by atoms with Crippen molar-refractivity contribution in [3.05, 3.63) is 24.9 Å². The second-order valence-electron chi connectivity index (χ2n) is 3.95. The Balaban J connectivity index is 2.01. The SMILES string of the molecule is CN(C)CCOC(=O)n1cnc2cncc-2c1. The number of ether oxygens (including phenoxy) is 1. The molecule has 2 aliphatic heterocycles. The molecule has 0 radical (unpaired) electrons. The number of fused-ring (bicyclic) bond motifs is 1. The molecule has 0 aliphatic carbocycles. The quantitative estimate of drug-likeness (QED) is 0.790. The van der Waals surface area contributed by atoms with Crippen LogP contribution < -0.4 is 0 Å². The number of carbonyl (C=O) groups excluding carboxylic acids is 1. The summed E-state index contributed by atoms with van der Waals surface area (Å²) in [6.07, 6.45) is 5.97. The van der Waals surface area contributed by atoms with Crippen LogP contribution in [0.15, 0.2) is 24.9 Å². The molecule has 90 valence electrons. The van der Waals surface area contributed by atoms with Gasteiger partial charge in [-0.25, -0.2) is 14.3 Å². The lowest BCUT2D eigenvalue weighted by Crippen LogP contribution is -2.22. The number of likely N-dealkylation sites (N-methyl/N-ethyl adjacent to an activating group) is 1.